The largest absolute Gasteiger partial charge is 0.379 e. The van der Waals surface area contributed by atoms with Crippen molar-refractivity contribution in [2.24, 2.45) is 0 Å². The molecule has 0 fully saturated rings. The third kappa shape index (κ3) is 12.2. The molecule has 0 radical (unpaired) electrons. The first-order chi connectivity index (χ1) is 12.4. The molecule has 0 spiro atoms. The van der Waals surface area contributed by atoms with Gasteiger partial charge in [-0.15, -0.1) is 0 Å². The van der Waals surface area contributed by atoms with Crippen molar-refractivity contribution in [3.8, 4) is 0 Å². The summed E-state index contributed by atoms with van der Waals surface area (Å²) >= 11 is 0. The quantitative estimate of drug-likeness (QED) is 0.366. The average molecular weight is 373 g/mol. The van der Waals surface area contributed by atoms with Crippen LogP contribution < -0.4 is 5.32 Å². The predicted octanol–water partition coefficient (Wildman–Crippen LogP) is 1.71. The fourth-order valence-electron chi connectivity index (χ4n) is 2.09. The van der Waals surface area contributed by atoms with Gasteiger partial charge in [0, 0.05) is 32.1 Å². The average Bonchev–Trinajstić information content (AvgIpc) is 2.64. The molecule has 0 aromatic carbocycles. The van der Waals surface area contributed by atoms with Crippen LogP contribution in [0.5, 0.6) is 0 Å². The van der Waals surface area contributed by atoms with Crippen molar-refractivity contribution < 1.29 is 28.6 Å². The van der Waals surface area contributed by atoms with Gasteiger partial charge in [-0.05, 0) is 14.0 Å². The second kappa shape index (κ2) is 15.0. The number of carbonyl (C=O) groups is 3. The smallest absolute Gasteiger partial charge is 0.134 e. The number of likely N-dealkylation sites (N-methyl/N-ethyl adjacent to an activating group) is 1. The number of ketones is 3. The van der Waals surface area contributed by atoms with Gasteiger partial charge in [-0.1, -0.05) is 13.8 Å². The van der Waals surface area contributed by atoms with Crippen molar-refractivity contribution in [1.82, 2.24) is 5.32 Å². The van der Waals surface area contributed by atoms with Gasteiger partial charge >= 0.3 is 0 Å². The van der Waals surface area contributed by atoms with E-state index in [9.17, 15) is 14.4 Å². The van der Waals surface area contributed by atoms with Gasteiger partial charge in [0.15, 0.2) is 0 Å². The molecule has 0 aromatic heterocycles. The topological polar surface area (TPSA) is 90.9 Å². The molecule has 0 bridgehead atoms. The lowest BCUT2D eigenvalue weighted by molar-refractivity contribution is -0.120. The van der Waals surface area contributed by atoms with E-state index in [0.717, 1.165) is 0 Å². The van der Waals surface area contributed by atoms with Crippen molar-refractivity contribution in [2.75, 3.05) is 46.7 Å². The van der Waals surface area contributed by atoms with Crippen LogP contribution in [0.3, 0.4) is 0 Å². The molecule has 152 valence electrons. The van der Waals surface area contributed by atoms with E-state index in [1.54, 1.807) is 7.05 Å². The molecule has 0 saturated carbocycles. The van der Waals surface area contributed by atoms with Gasteiger partial charge in [-0.2, -0.15) is 0 Å². The highest BCUT2D eigenvalue weighted by Crippen LogP contribution is 2.09. The van der Waals surface area contributed by atoms with E-state index in [4.69, 9.17) is 14.2 Å². The Kier molecular flexibility index (Phi) is 14.3. The van der Waals surface area contributed by atoms with Crippen LogP contribution in [0.15, 0.2) is 0 Å². The Hall–Kier alpha value is -1.15. The first kappa shape index (κ1) is 24.8. The standard InChI is InChI=1S/C19H35NO6/c1-5-17(22)8-11-25-14-19(20-4,13-24-10-7-16(3)21)15-26-12-9-18(23)6-2/h20H,5-15H2,1-4H3. The number of hydrogen-bond donors (Lipinski definition) is 1. The first-order valence-electron chi connectivity index (χ1n) is 9.34. The lowest BCUT2D eigenvalue weighted by atomic mass is 10.0. The third-order valence-electron chi connectivity index (χ3n) is 4.10. The zero-order chi connectivity index (χ0) is 19.8. The first-order valence-corrected chi connectivity index (χ1v) is 9.34. The van der Waals surface area contributed by atoms with Crippen LogP contribution in [-0.4, -0.2) is 69.6 Å². The number of carbonyl (C=O) groups excluding carboxylic acids is 3. The van der Waals surface area contributed by atoms with Gasteiger partial charge in [0.2, 0.25) is 0 Å². The molecule has 0 saturated heterocycles. The molecule has 0 heterocycles. The highest BCUT2D eigenvalue weighted by molar-refractivity contribution is 5.78. The molecule has 0 aliphatic carbocycles. The van der Waals surface area contributed by atoms with Crippen LogP contribution in [0, 0.1) is 0 Å². The van der Waals surface area contributed by atoms with Gasteiger partial charge < -0.3 is 19.5 Å². The second-order valence-electron chi connectivity index (χ2n) is 6.42. The van der Waals surface area contributed by atoms with Gasteiger partial charge in [0.05, 0.1) is 45.2 Å². The molecule has 0 aliphatic heterocycles. The van der Waals surface area contributed by atoms with E-state index in [1.807, 2.05) is 13.8 Å². The van der Waals surface area contributed by atoms with E-state index >= 15 is 0 Å². The molecule has 0 atom stereocenters. The summed E-state index contributed by atoms with van der Waals surface area (Å²) in [7, 11) is 1.79. The Morgan fingerprint density at radius 1 is 0.769 bits per heavy atom. The van der Waals surface area contributed by atoms with Gasteiger partial charge in [-0.25, -0.2) is 0 Å². The summed E-state index contributed by atoms with van der Waals surface area (Å²) in [6.45, 7) is 7.13. The monoisotopic (exact) mass is 373 g/mol. The Morgan fingerprint density at radius 2 is 1.15 bits per heavy atom. The summed E-state index contributed by atoms with van der Waals surface area (Å²) < 4.78 is 16.9. The minimum atomic E-state index is -0.596. The Morgan fingerprint density at radius 3 is 1.46 bits per heavy atom. The minimum Gasteiger partial charge on any atom is -0.379 e. The number of rotatable bonds is 18. The fourth-order valence-corrected chi connectivity index (χ4v) is 2.09. The highest BCUT2D eigenvalue weighted by Gasteiger charge is 2.30. The molecule has 0 rings (SSSR count). The summed E-state index contributed by atoms with van der Waals surface area (Å²) in [4.78, 5) is 33.8. The number of ether oxygens (including phenoxy) is 3. The second-order valence-corrected chi connectivity index (χ2v) is 6.42. The molecule has 1 N–H and O–H groups in total. The van der Waals surface area contributed by atoms with Crippen LogP contribution >= 0.6 is 0 Å². The lowest BCUT2D eigenvalue weighted by Gasteiger charge is -2.33. The zero-order valence-electron chi connectivity index (χ0n) is 16.7. The Balaban J connectivity index is 4.50. The fraction of sp³-hybridized carbons (Fsp3) is 0.842. The van der Waals surface area contributed by atoms with Crippen molar-refractivity contribution in [1.29, 1.82) is 0 Å². The molecule has 0 aliphatic rings. The summed E-state index contributed by atoms with van der Waals surface area (Å²) in [5.74, 6) is 0.392. The maximum Gasteiger partial charge on any atom is 0.134 e. The predicted molar refractivity (Wildman–Crippen MR) is 99.4 cm³/mol. The molecule has 7 nitrogen and oxygen atoms in total. The molecule has 7 heteroatoms. The zero-order valence-corrected chi connectivity index (χ0v) is 16.7. The molecule has 26 heavy (non-hydrogen) atoms. The van der Waals surface area contributed by atoms with E-state index in [0.29, 0.717) is 71.7 Å². The Labute approximate surface area is 157 Å². The minimum absolute atomic E-state index is 0.0729. The summed E-state index contributed by atoms with van der Waals surface area (Å²) in [6.07, 6.45) is 2.13. The van der Waals surface area contributed by atoms with Crippen LogP contribution in [0.4, 0.5) is 0 Å². The van der Waals surface area contributed by atoms with Gasteiger partial charge in [-0.3, -0.25) is 14.4 Å². The number of hydrogen-bond acceptors (Lipinski definition) is 7. The van der Waals surface area contributed by atoms with Crippen LogP contribution in [0.2, 0.25) is 0 Å². The SMILES string of the molecule is CCC(=O)CCOCC(COCCC(C)=O)(COCCC(=O)CC)NC. The van der Waals surface area contributed by atoms with E-state index < -0.39 is 5.54 Å². The van der Waals surface area contributed by atoms with E-state index in [-0.39, 0.29) is 17.3 Å². The van der Waals surface area contributed by atoms with E-state index in [1.165, 1.54) is 6.92 Å². The maximum absolute atomic E-state index is 11.4. The van der Waals surface area contributed by atoms with Crippen LogP contribution in [0.1, 0.15) is 52.9 Å². The summed E-state index contributed by atoms with van der Waals surface area (Å²) in [6, 6.07) is 0. The molecular formula is C19H35NO6. The highest BCUT2D eigenvalue weighted by atomic mass is 16.5. The molecule has 0 aromatic rings. The van der Waals surface area contributed by atoms with Gasteiger partial charge in [0.25, 0.3) is 0 Å². The van der Waals surface area contributed by atoms with Crippen molar-refractivity contribution in [3.05, 3.63) is 0 Å². The van der Waals surface area contributed by atoms with Crippen molar-refractivity contribution in [3.63, 3.8) is 0 Å². The van der Waals surface area contributed by atoms with Crippen molar-refractivity contribution in [2.45, 2.75) is 58.4 Å². The summed E-state index contributed by atoms with van der Waals surface area (Å²) in [5, 5.41) is 3.18. The normalized spacial score (nSPS) is 11.5. The van der Waals surface area contributed by atoms with Crippen molar-refractivity contribution >= 4 is 17.3 Å². The third-order valence-corrected chi connectivity index (χ3v) is 4.10. The van der Waals surface area contributed by atoms with E-state index in [2.05, 4.69) is 5.32 Å². The molecule has 0 unspecified atom stereocenters. The van der Waals surface area contributed by atoms with Crippen LogP contribution in [0.25, 0.3) is 0 Å². The molecule has 0 amide bonds. The van der Waals surface area contributed by atoms with Gasteiger partial charge in [0.1, 0.15) is 17.3 Å². The summed E-state index contributed by atoms with van der Waals surface area (Å²) in [5.41, 5.74) is -0.596. The lowest BCUT2D eigenvalue weighted by Crippen LogP contribution is -2.55. The Bertz CT molecular complexity index is 400. The number of Topliss-reactive ketones (excluding diaryl/α,β-unsaturated/α-hetero) is 3. The number of nitrogens with one attached hydrogen (secondary N) is 1. The van der Waals surface area contributed by atoms with Crippen LogP contribution in [-0.2, 0) is 28.6 Å². The maximum atomic E-state index is 11.4. The molecular weight excluding hydrogens is 338 g/mol.